The lowest BCUT2D eigenvalue weighted by molar-refractivity contribution is -0.257. The third-order valence-electron chi connectivity index (χ3n) is 4.14. The Hall–Kier alpha value is -3.21. The molecule has 5 atom stereocenters. The highest BCUT2D eigenvalue weighted by molar-refractivity contribution is 5.73. The molecule has 170 valence electrons. The molecule has 0 aliphatic carbocycles. The average molecular weight is 441 g/mol. The number of amides is 1. The predicted molar refractivity (Wildman–Crippen MR) is 101 cm³/mol. The van der Waals surface area contributed by atoms with Gasteiger partial charge < -0.3 is 29.0 Å². The van der Waals surface area contributed by atoms with Crippen LogP contribution in [0, 0.1) is 5.82 Å². The van der Waals surface area contributed by atoms with Crippen LogP contribution in [0.3, 0.4) is 0 Å². The number of esters is 3. The average Bonchev–Trinajstić information content (AvgIpc) is 2.65. The van der Waals surface area contributed by atoms with Crippen LogP contribution < -0.4 is 10.1 Å². The Bertz CT molecular complexity index is 813. The Morgan fingerprint density at radius 1 is 0.935 bits per heavy atom. The first-order valence-corrected chi connectivity index (χ1v) is 9.39. The molecular weight excluding hydrogens is 417 g/mol. The van der Waals surface area contributed by atoms with Crippen molar-refractivity contribution in [3.05, 3.63) is 30.1 Å². The Balaban J connectivity index is 2.43. The standard InChI is InChI=1S/C20H24FNO9/c1-10(23)22-17-19(29-13(4)26)18(28-12(3)25)16(9-27-11(2)24)31-20(17)30-15-7-5-14(21)6-8-15/h5-8,16-20H,9H2,1-4H3,(H,22,23). The molecule has 0 bridgehead atoms. The van der Waals surface area contributed by atoms with Crippen LogP contribution >= 0.6 is 0 Å². The van der Waals surface area contributed by atoms with E-state index in [1.807, 2.05) is 0 Å². The summed E-state index contributed by atoms with van der Waals surface area (Å²) in [5.74, 6) is -2.84. The lowest BCUT2D eigenvalue weighted by Gasteiger charge is -2.44. The summed E-state index contributed by atoms with van der Waals surface area (Å²) in [6, 6.07) is 3.89. The summed E-state index contributed by atoms with van der Waals surface area (Å²) in [6.07, 6.45) is -4.80. The fraction of sp³-hybridized carbons (Fsp3) is 0.500. The topological polar surface area (TPSA) is 126 Å². The predicted octanol–water partition coefficient (Wildman–Crippen LogP) is 0.861. The quantitative estimate of drug-likeness (QED) is 0.484. The Kier molecular flexibility index (Phi) is 8.31. The van der Waals surface area contributed by atoms with Gasteiger partial charge in [0.2, 0.25) is 12.2 Å². The van der Waals surface area contributed by atoms with Crippen LogP contribution in [0.15, 0.2) is 24.3 Å². The summed E-state index contributed by atoms with van der Waals surface area (Å²) in [5.41, 5.74) is 0. The highest BCUT2D eigenvalue weighted by atomic mass is 19.1. The number of carbonyl (C=O) groups excluding carboxylic acids is 4. The molecule has 0 saturated carbocycles. The fourth-order valence-electron chi connectivity index (χ4n) is 3.04. The first-order valence-electron chi connectivity index (χ1n) is 9.39. The molecule has 0 aromatic heterocycles. The van der Waals surface area contributed by atoms with Crippen molar-refractivity contribution in [2.24, 2.45) is 0 Å². The second-order valence-corrected chi connectivity index (χ2v) is 6.79. The summed E-state index contributed by atoms with van der Waals surface area (Å²) >= 11 is 0. The van der Waals surface area contributed by atoms with Gasteiger partial charge in [0.15, 0.2) is 12.2 Å². The van der Waals surface area contributed by atoms with Crippen LogP contribution in [0.5, 0.6) is 5.75 Å². The number of halogens is 1. The molecule has 1 aliphatic heterocycles. The zero-order valence-electron chi connectivity index (χ0n) is 17.5. The molecule has 1 aliphatic rings. The number of hydrogen-bond acceptors (Lipinski definition) is 9. The van der Waals surface area contributed by atoms with Crippen LogP contribution in [-0.4, -0.2) is 61.1 Å². The number of carbonyl (C=O) groups is 4. The maximum Gasteiger partial charge on any atom is 0.303 e. The molecule has 1 aromatic rings. The molecule has 11 heteroatoms. The van der Waals surface area contributed by atoms with Gasteiger partial charge >= 0.3 is 17.9 Å². The van der Waals surface area contributed by atoms with Gasteiger partial charge in [0.1, 0.15) is 30.3 Å². The summed E-state index contributed by atoms with van der Waals surface area (Å²) in [6.45, 7) is 4.34. The van der Waals surface area contributed by atoms with E-state index in [0.717, 1.165) is 26.0 Å². The van der Waals surface area contributed by atoms with E-state index in [-0.39, 0.29) is 12.4 Å². The first-order chi connectivity index (χ1) is 14.6. The van der Waals surface area contributed by atoms with Gasteiger partial charge in [-0.05, 0) is 24.3 Å². The van der Waals surface area contributed by atoms with Gasteiger partial charge in [0.05, 0.1) is 0 Å². The van der Waals surface area contributed by atoms with Gasteiger partial charge in [-0.1, -0.05) is 0 Å². The third-order valence-corrected chi connectivity index (χ3v) is 4.14. The second kappa shape index (κ2) is 10.7. The summed E-state index contributed by atoms with van der Waals surface area (Å²) < 4.78 is 40.4. The molecular formula is C20H24FNO9. The minimum absolute atomic E-state index is 0.195. The van der Waals surface area contributed by atoms with Gasteiger partial charge in [-0.2, -0.15) is 0 Å². The first kappa shape index (κ1) is 24.1. The van der Waals surface area contributed by atoms with Crippen molar-refractivity contribution in [2.75, 3.05) is 6.61 Å². The maximum absolute atomic E-state index is 13.2. The molecule has 10 nitrogen and oxygen atoms in total. The van der Waals surface area contributed by atoms with Crippen LogP contribution in [0.2, 0.25) is 0 Å². The monoisotopic (exact) mass is 441 g/mol. The minimum Gasteiger partial charge on any atom is -0.463 e. The highest BCUT2D eigenvalue weighted by Gasteiger charge is 2.51. The number of benzene rings is 1. The van der Waals surface area contributed by atoms with Crippen molar-refractivity contribution in [1.82, 2.24) is 5.32 Å². The van der Waals surface area contributed by atoms with Crippen molar-refractivity contribution < 1.29 is 47.3 Å². The minimum atomic E-state index is -1.26. The van der Waals surface area contributed by atoms with Crippen LogP contribution in [0.1, 0.15) is 27.7 Å². The number of rotatable bonds is 7. The molecule has 1 saturated heterocycles. The summed E-state index contributed by atoms with van der Waals surface area (Å²) in [7, 11) is 0. The van der Waals surface area contributed by atoms with Crippen molar-refractivity contribution in [1.29, 1.82) is 0 Å². The smallest absolute Gasteiger partial charge is 0.303 e. The fourth-order valence-corrected chi connectivity index (χ4v) is 3.04. The summed E-state index contributed by atoms with van der Waals surface area (Å²) in [5, 5.41) is 2.57. The van der Waals surface area contributed by atoms with E-state index >= 15 is 0 Å². The molecule has 2 rings (SSSR count). The van der Waals surface area contributed by atoms with Gasteiger partial charge in [-0.15, -0.1) is 0 Å². The van der Waals surface area contributed by atoms with E-state index in [9.17, 15) is 23.6 Å². The van der Waals surface area contributed by atoms with Crippen molar-refractivity contribution in [3.8, 4) is 5.75 Å². The molecule has 1 amide bonds. The normalized spacial score (nSPS) is 25.1. The molecule has 1 N–H and O–H groups in total. The van der Waals surface area contributed by atoms with E-state index in [1.54, 1.807) is 0 Å². The van der Waals surface area contributed by atoms with Crippen LogP contribution in [0.4, 0.5) is 4.39 Å². The largest absolute Gasteiger partial charge is 0.463 e. The molecule has 31 heavy (non-hydrogen) atoms. The highest BCUT2D eigenvalue weighted by Crippen LogP contribution is 2.29. The third kappa shape index (κ3) is 7.21. The zero-order chi connectivity index (χ0) is 23.1. The van der Waals surface area contributed by atoms with E-state index in [0.29, 0.717) is 0 Å². The van der Waals surface area contributed by atoms with Crippen molar-refractivity contribution in [3.63, 3.8) is 0 Å². The van der Waals surface area contributed by atoms with Crippen molar-refractivity contribution >= 4 is 23.8 Å². The summed E-state index contributed by atoms with van der Waals surface area (Å²) in [4.78, 5) is 46.6. The van der Waals surface area contributed by atoms with Gasteiger partial charge in [-0.3, -0.25) is 19.2 Å². The zero-order valence-corrected chi connectivity index (χ0v) is 17.5. The Labute approximate surface area is 177 Å². The van der Waals surface area contributed by atoms with Gasteiger partial charge in [0.25, 0.3) is 0 Å². The lowest BCUT2D eigenvalue weighted by Crippen LogP contribution is -2.67. The van der Waals surface area contributed by atoms with E-state index in [1.165, 1.54) is 26.0 Å². The molecule has 5 unspecified atom stereocenters. The second-order valence-electron chi connectivity index (χ2n) is 6.79. The molecule has 1 heterocycles. The molecule has 0 spiro atoms. The lowest BCUT2D eigenvalue weighted by atomic mass is 9.96. The van der Waals surface area contributed by atoms with Gasteiger partial charge in [0, 0.05) is 27.7 Å². The van der Waals surface area contributed by atoms with Crippen LogP contribution in [-0.2, 0) is 38.1 Å². The molecule has 1 aromatic carbocycles. The van der Waals surface area contributed by atoms with E-state index in [2.05, 4.69) is 5.32 Å². The number of ether oxygens (including phenoxy) is 5. The van der Waals surface area contributed by atoms with E-state index < -0.39 is 60.3 Å². The Morgan fingerprint density at radius 3 is 2.03 bits per heavy atom. The Morgan fingerprint density at radius 2 is 1.52 bits per heavy atom. The van der Waals surface area contributed by atoms with Crippen LogP contribution in [0.25, 0.3) is 0 Å². The van der Waals surface area contributed by atoms with Gasteiger partial charge in [-0.25, -0.2) is 4.39 Å². The number of hydrogen-bond donors (Lipinski definition) is 1. The van der Waals surface area contributed by atoms with E-state index in [4.69, 9.17) is 23.7 Å². The molecule has 0 radical (unpaired) electrons. The van der Waals surface area contributed by atoms with Crippen molar-refractivity contribution in [2.45, 2.75) is 58.3 Å². The SMILES string of the molecule is CC(=O)NC1C(Oc2ccc(F)cc2)OC(COC(C)=O)C(OC(C)=O)C1OC(C)=O. The maximum atomic E-state index is 13.2. The number of nitrogens with one attached hydrogen (secondary N) is 1. The molecule has 1 fully saturated rings.